The normalized spacial score (nSPS) is 19.1. The molecular weight excluding hydrogens is 234 g/mol. The van der Waals surface area contributed by atoms with Gasteiger partial charge in [-0.2, -0.15) is 0 Å². The number of ether oxygens (including phenoxy) is 1. The molecule has 0 radical (unpaired) electrons. The summed E-state index contributed by atoms with van der Waals surface area (Å²) >= 11 is 0. The molecule has 1 aliphatic rings. The van der Waals surface area contributed by atoms with Crippen molar-refractivity contribution in [1.82, 2.24) is 0 Å². The van der Waals surface area contributed by atoms with Crippen molar-refractivity contribution in [3.8, 4) is 0 Å². The summed E-state index contributed by atoms with van der Waals surface area (Å²) < 4.78 is 4.75. The van der Waals surface area contributed by atoms with Crippen LogP contribution in [0, 0.1) is 0 Å². The van der Waals surface area contributed by atoms with Gasteiger partial charge >= 0.3 is 5.97 Å². The van der Waals surface area contributed by atoms with Crippen molar-refractivity contribution in [3.63, 3.8) is 0 Å². The molecule has 0 aromatic heterocycles. The lowest BCUT2D eigenvalue weighted by Crippen LogP contribution is -2.15. The van der Waals surface area contributed by atoms with E-state index in [0.29, 0.717) is 5.56 Å². The van der Waals surface area contributed by atoms with Gasteiger partial charge in [0.25, 0.3) is 0 Å². The van der Waals surface area contributed by atoms with Crippen molar-refractivity contribution in [2.24, 2.45) is 0 Å². The van der Waals surface area contributed by atoms with Crippen LogP contribution >= 0.6 is 0 Å². The maximum absolute atomic E-state index is 11.5. The average molecular weight is 249 g/mol. The third kappa shape index (κ3) is 2.09. The number of amides is 1. The van der Waals surface area contributed by atoms with E-state index in [1.165, 1.54) is 0 Å². The quantitative estimate of drug-likeness (QED) is 0.793. The minimum atomic E-state index is -1.31. The molecule has 1 heterocycles. The second-order valence-corrected chi connectivity index (χ2v) is 4.21. The first-order chi connectivity index (χ1) is 8.54. The summed E-state index contributed by atoms with van der Waals surface area (Å²) in [4.78, 5) is 22.9. The van der Waals surface area contributed by atoms with E-state index in [4.69, 9.17) is 4.74 Å². The van der Waals surface area contributed by atoms with E-state index in [9.17, 15) is 14.7 Å². The molecule has 1 amide bonds. The fourth-order valence-electron chi connectivity index (χ4n) is 1.96. The molecule has 5 heteroatoms. The van der Waals surface area contributed by atoms with Crippen molar-refractivity contribution >= 4 is 17.6 Å². The fourth-order valence-corrected chi connectivity index (χ4v) is 1.96. The smallest absolute Gasteiger partial charge is 0.339 e. The van der Waals surface area contributed by atoms with E-state index < -0.39 is 12.1 Å². The van der Waals surface area contributed by atoms with Crippen LogP contribution in [0.5, 0.6) is 0 Å². The molecule has 0 bridgehead atoms. The molecule has 0 saturated heterocycles. The first-order valence-corrected chi connectivity index (χ1v) is 5.84. The third-order valence-electron chi connectivity index (χ3n) is 3.02. The van der Waals surface area contributed by atoms with E-state index in [1.807, 2.05) is 0 Å². The number of benzene rings is 1. The summed E-state index contributed by atoms with van der Waals surface area (Å²) in [5.41, 5.74) is 1.96. The molecule has 1 aromatic carbocycles. The van der Waals surface area contributed by atoms with Crippen LogP contribution in [0.25, 0.3) is 0 Å². The summed E-state index contributed by atoms with van der Waals surface area (Å²) in [6.07, 6.45) is -1.31. The van der Waals surface area contributed by atoms with Crippen molar-refractivity contribution in [2.75, 3.05) is 11.9 Å². The van der Waals surface area contributed by atoms with Crippen LogP contribution in [0.4, 0.5) is 5.69 Å². The van der Waals surface area contributed by atoms with Crippen LogP contribution in [0.1, 0.15) is 37.0 Å². The van der Waals surface area contributed by atoms with Crippen LogP contribution in [0.15, 0.2) is 18.2 Å². The minimum Gasteiger partial charge on any atom is -0.464 e. The number of esters is 1. The van der Waals surface area contributed by atoms with Gasteiger partial charge in [0, 0.05) is 5.69 Å². The maximum Gasteiger partial charge on any atom is 0.339 e. The second kappa shape index (κ2) is 4.78. The zero-order valence-corrected chi connectivity index (χ0v) is 10.3. The Morgan fingerprint density at radius 1 is 1.56 bits per heavy atom. The van der Waals surface area contributed by atoms with Gasteiger partial charge < -0.3 is 15.2 Å². The fraction of sp³-hybridized carbons (Fsp3) is 0.385. The van der Waals surface area contributed by atoms with Crippen molar-refractivity contribution in [2.45, 2.75) is 25.9 Å². The molecular formula is C13H15NO4. The number of aliphatic hydroxyl groups excluding tert-OH is 1. The molecule has 0 aliphatic carbocycles. The Balaban J connectivity index is 2.27. The van der Waals surface area contributed by atoms with Gasteiger partial charge in [-0.25, -0.2) is 4.79 Å². The molecule has 5 nitrogen and oxygen atoms in total. The summed E-state index contributed by atoms with van der Waals surface area (Å²) in [6, 6.07) is 4.97. The molecule has 0 fully saturated rings. The van der Waals surface area contributed by atoms with Crippen molar-refractivity contribution < 1.29 is 19.4 Å². The number of carbonyl (C=O) groups excluding carboxylic acids is 2. The molecule has 0 saturated carbocycles. The van der Waals surface area contributed by atoms with Gasteiger partial charge in [-0.1, -0.05) is 6.07 Å². The first kappa shape index (κ1) is 12.6. The van der Waals surface area contributed by atoms with Gasteiger partial charge in [-0.3, -0.25) is 4.79 Å². The Kier molecular flexibility index (Phi) is 3.34. The molecule has 2 rings (SSSR count). The third-order valence-corrected chi connectivity index (χ3v) is 3.02. The summed E-state index contributed by atoms with van der Waals surface area (Å²) in [5, 5.41) is 12.6. The first-order valence-electron chi connectivity index (χ1n) is 5.84. The highest BCUT2D eigenvalue weighted by atomic mass is 16.5. The average Bonchev–Trinajstić information content (AvgIpc) is 2.64. The van der Waals surface area contributed by atoms with Crippen molar-refractivity contribution in [1.29, 1.82) is 0 Å². The Bertz CT molecular complexity index is 498. The van der Waals surface area contributed by atoms with Gasteiger partial charge in [0.05, 0.1) is 12.5 Å². The number of nitrogens with one attached hydrogen (secondary N) is 1. The van der Waals surface area contributed by atoms with E-state index in [2.05, 4.69) is 5.32 Å². The van der Waals surface area contributed by atoms with E-state index in [0.717, 1.165) is 11.3 Å². The second-order valence-electron chi connectivity index (χ2n) is 4.21. The number of hydrogen-bond donors (Lipinski definition) is 2. The highest BCUT2D eigenvalue weighted by molar-refractivity contribution is 6.02. The molecule has 0 spiro atoms. The number of anilines is 1. The van der Waals surface area contributed by atoms with Crippen LogP contribution in [0.2, 0.25) is 0 Å². The number of carbonyl (C=O) groups is 2. The van der Waals surface area contributed by atoms with Crippen LogP contribution in [-0.2, 0) is 14.3 Å². The summed E-state index contributed by atoms with van der Waals surface area (Å²) in [6.45, 7) is 3.68. The number of rotatable bonds is 3. The van der Waals surface area contributed by atoms with Gasteiger partial charge in [0.2, 0.25) is 5.91 Å². The Morgan fingerprint density at radius 2 is 2.28 bits per heavy atom. The maximum atomic E-state index is 11.5. The van der Waals surface area contributed by atoms with Crippen LogP contribution in [-0.4, -0.2) is 23.6 Å². The highest BCUT2D eigenvalue weighted by Crippen LogP contribution is 2.34. The lowest BCUT2D eigenvalue weighted by Gasteiger charge is -2.11. The van der Waals surface area contributed by atoms with Gasteiger partial charge in [-0.15, -0.1) is 0 Å². The molecule has 18 heavy (non-hydrogen) atoms. The zero-order chi connectivity index (χ0) is 13.3. The molecule has 96 valence electrons. The topological polar surface area (TPSA) is 75.6 Å². The Hall–Kier alpha value is -1.88. The monoisotopic (exact) mass is 249 g/mol. The number of aliphatic hydroxyl groups is 1. The van der Waals surface area contributed by atoms with E-state index in [-0.39, 0.29) is 18.4 Å². The highest BCUT2D eigenvalue weighted by Gasteiger charge is 2.28. The van der Waals surface area contributed by atoms with E-state index in [1.54, 1.807) is 32.0 Å². The lowest BCUT2D eigenvalue weighted by molar-refractivity contribution is -0.153. The van der Waals surface area contributed by atoms with Gasteiger partial charge in [-0.05, 0) is 37.1 Å². The predicted molar refractivity (Wildman–Crippen MR) is 65.1 cm³/mol. The number of fused-ring (bicyclic) bond motifs is 1. The largest absolute Gasteiger partial charge is 0.464 e. The molecule has 1 aromatic rings. The zero-order valence-electron chi connectivity index (χ0n) is 10.3. The van der Waals surface area contributed by atoms with Crippen LogP contribution in [0.3, 0.4) is 0 Å². The van der Waals surface area contributed by atoms with Crippen molar-refractivity contribution in [3.05, 3.63) is 29.3 Å². The minimum absolute atomic E-state index is 0.0761. The van der Waals surface area contributed by atoms with Gasteiger partial charge in [0.1, 0.15) is 0 Å². The Labute approximate surface area is 105 Å². The SMILES string of the molecule is CCOC(=O)C(O)c1ccc2c(c1)C(C)C(=O)N2. The lowest BCUT2D eigenvalue weighted by atomic mass is 9.98. The van der Waals surface area contributed by atoms with E-state index >= 15 is 0 Å². The standard InChI is InChI=1S/C13H15NO4/c1-3-18-13(17)11(15)8-4-5-10-9(6-8)7(2)12(16)14-10/h4-7,11,15H,3H2,1-2H3,(H,14,16). The predicted octanol–water partition coefficient (Wildman–Crippen LogP) is 1.34. The summed E-state index contributed by atoms with van der Waals surface area (Å²) in [5.74, 6) is -1.02. The Morgan fingerprint density at radius 3 is 2.94 bits per heavy atom. The molecule has 2 N–H and O–H groups in total. The number of hydrogen-bond acceptors (Lipinski definition) is 4. The molecule has 2 unspecified atom stereocenters. The molecule has 2 atom stereocenters. The summed E-state index contributed by atoms with van der Waals surface area (Å²) in [7, 11) is 0. The van der Waals surface area contributed by atoms with Crippen LogP contribution < -0.4 is 5.32 Å². The molecule has 1 aliphatic heterocycles. The van der Waals surface area contributed by atoms with Gasteiger partial charge in [0.15, 0.2) is 6.10 Å².